The van der Waals surface area contributed by atoms with E-state index in [9.17, 15) is 0 Å². The molecule has 2 fully saturated rings. The van der Waals surface area contributed by atoms with Gasteiger partial charge >= 0.3 is 0 Å². The highest BCUT2D eigenvalue weighted by atomic mass is 15.2. The molecular formula is C16H32N2. The lowest BCUT2D eigenvalue weighted by atomic mass is 9.76. The third-order valence-electron chi connectivity index (χ3n) is 5.61. The third kappa shape index (κ3) is 3.08. The van der Waals surface area contributed by atoms with Crippen LogP contribution in [0.15, 0.2) is 0 Å². The molecule has 1 heterocycles. The van der Waals surface area contributed by atoms with E-state index in [1.54, 1.807) is 0 Å². The van der Waals surface area contributed by atoms with Crippen LogP contribution < -0.4 is 5.32 Å². The molecule has 2 atom stereocenters. The second-order valence-electron chi connectivity index (χ2n) is 7.11. The molecule has 1 saturated carbocycles. The lowest BCUT2D eigenvalue weighted by Gasteiger charge is -2.47. The first-order valence-corrected chi connectivity index (χ1v) is 7.99. The zero-order valence-electron chi connectivity index (χ0n) is 12.8. The van der Waals surface area contributed by atoms with Gasteiger partial charge in [0.25, 0.3) is 0 Å². The lowest BCUT2D eigenvalue weighted by molar-refractivity contribution is 0.0409. The molecule has 1 aliphatic heterocycles. The molecule has 0 amide bonds. The number of piperidine rings is 1. The zero-order valence-corrected chi connectivity index (χ0v) is 12.8. The van der Waals surface area contributed by atoms with Crippen molar-refractivity contribution in [2.45, 2.75) is 70.9 Å². The molecule has 106 valence electrons. The predicted molar refractivity (Wildman–Crippen MR) is 78.9 cm³/mol. The average Bonchev–Trinajstić information content (AvgIpc) is 2.39. The van der Waals surface area contributed by atoms with Crippen LogP contribution in [0.2, 0.25) is 0 Å². The van der Waals surface area contributed by atoms with E-state index in [0.29, 0.717) is 5.54 Å². The first-order chi connectivity index (χ1) is 8.56. The van der Waals surface area contributed by atoms with E-state index in [-0.39, 0.29) is 0 Å². The van der Waals surface area contributed by atoms with Crippen LogP contribution >= 0.6 is 0 Å². The van der Waals surface area contributed by atoms with Gasteiger partial charge in [-0.05, 0) is 51.5 Å². The molecule has 0 spiro atoms. The minimum absolute atomic E-state index is 0.387. The van der Waals surface area contributed by atoms with Gasteiger partial charge in [-0.3, -0.25) is 4.90 Å². The number of rotatable bonds is 3. The van der Waals surface area contributed by atoms with Gasteiger partial charge in [-0.25, -0.2) is 0 Å². The molecule has 18 heavy (non-hydrogen) atoms. The minimum Gasteiger partial charge on any atom is -0.314 e. The number of likely N-dealkylation sites (tertiary alicyclic amines) is 1. The third-order valence-corrected chi connectivity index (χ3v) is 5.61. The quantitative estimate of drug-likeness (QED) is 0.829. The molecule has 0 aromatic rings. The predicted octanol–water partition coefficient (Wildman–Crippen LogP) is 3.28. The van der Waals surface area contributed by atoms with E-state index in [2.05, 4.69) is 38.0 Å². The maximum absolute atomic E-state index is 3.51. The fraction of sp³-hybridized carbons (Fsp3) is 1.00. The maximum atomic E-state index is 3.51. The maximum Gasteiger partial charge on any atom is 0.0174 e. The van der Waals surface area contributed by atoms with Gasteiger partial charge in [-0.15, -0.1) is 0 Å². The van der Waals surface area contributed by atoms with Gasteiger partial charge in [-0.1, -0.05) is 26.7 Å². The smallest absolute Gasteiger partial charge is 0.0174 e. The van der Waals surface area contributed by atoms with Gasteiger partial charge in [0, 0.05) is 24.7 Å². The van der Waals surface area contributed by atoms with Crippen molar-refractivity contribution in [3.8, 4) is 0 Å². The largest absolute Gasteiger partial charge is 0.314 e. The van der Waals surface area contributed by atoms with Crippen molar-refractivity contribution in [2.75, 3.05) is 20.1 Å². The number of nitrogens with zero attached hydrogens (tertiary/aromatic N) is 1. The van der Waals surface area contributed by atoms with Gasteiger partial charge < -0.3 is 5.32 Å². The van der Waals surface area contributed by atoms with Crippen molar-refractivity contribution < 1.29 is 0 Å². The van der Waals surface area contributed by atoms with E-state index < -0.39 is 0 Å². The van der Waals surface area contributed by atoms with Gasteiger partial charge in [0.15, 0.2) is 0 Å². The lowest BCUT2D eigenvalue weighted by Crippen LogP contribution is -2.54. The topological polar surface area (TPSA) is 15.3 Å². The average molecular weight is 252 g/mol. The van der Waals surface area contributed by atoms with Crippen LogP contribution in [0.5, 0.6) is 0 Å². The summed E-state index contributed by atoms with van der Waals surface area (Å²) >= 11 is 0. The van der Waals surface area contributed by atoms with Gasteiger partial charge in [0.2, 0.25) is 0 Å². The van der Waals surface area contributed by atoms with Crippen molar-refractivity contribution in [1.82, 2.24) is 10.2 Å². The molecular weight excluding hydrogens is 220 g/mol. The molecule has 2 rings (SSSR count). The van der Waals surface area contributed by atoms with E-state index in [1.807, 2.05) is 0 Å². The van der Waals surface area contributed by atoms with Crippen LogP contribution in [0, 0.1) is 11.8 Å². The fourth-order valence-electron chi connectivity index (χ4n) is 3.97. The Labute approximate surface area is 114 Å². The summed E-state index contributed by atoms with van der Waals surface area (Å²) in [6, 6.07) is 0.875. The van der Waals surface area contributed by atoms with Crippen LogP contribution in [0.1, 0.15) is 59.3 Å². The number of hydrogen-bond donors (Lipinski definition) is 1. The standard InChI is InChI=1S/C16H32N2/c1-13(2)14-7-5-6-8-15(14)18-11-9-16(3,17-4)10-12-18/h13-15,17H,5-12H2,1-4H3. The van der Waals surface area contributed by atoms with E-state index in [4.69, 9.17) is 0 Å². The molecule has 0 aromatic carbocycles. The molecule has 2 aliphatic rings. The summed E-state index contributed by atoms with van der Waals surface area (Å²) in [5.41, 5.74) is 0.387. The van der Waals surface area contributed by atoms with Crippen LogP contribution in [0.4, 0.5) is 0 Å². The Morgan fingerprint density at radius 1 is 1.11 bits per heavy atom. The molecule has 0 bridgehead atoms. The van der Waals surface area contributed by atoms with E-state index in [1.165, 1.54) is 51.6 Å². The first-order valence-electron chi connectivity index (χ1n) is 7.99. The Bertz CT molecular complexity index is 254. The van der Waals surface area contributed by atoms with Crippen molar-refractivity contribution in [2.24, 2.45) is 11.8 Å². The Morgan fingerprint density at radius 2 is 1.72 bits per heavy atom. The van der Waals surface area contributed by atoms with E-state index in [0.717, 1.165) is 17.9 Å². The summed E-state index contributed by atoms with van der Waals surface area (Å²) in [7, 11) is 2.12. The Morgan fingerprint density at radius 3 is 2.28 bits per heavy atom. The summed E-state index contributed by atoms with van der Waals surface area (Å²) in [5, 5.41) is 3.51. The molecule has 2 heteroatoms. The normalized spacial score (nSPS) is 33.8. The monoisotopic (exact) mass is 252 g/mol. The summed E-state index contributed by atoms with van der Waals surface area (Å²) < 4.78 is 0. The minimum atomic E-state index is 0.387. The van der Waals surface area contributed by atoms with Gasteiger partial charge in [-0.2, -0.15) is 0 Å². The zero-order chi connectivity index (χ0) is 13.2. The van der Waals surface area contributed by atoms with Crippen LogP contribution in [-0.4, -0.2) is 36.6 Å². The molecule has 0 radical (unpaired) electrons. The van der Waals surface area contributed by atoms with Crippen molar-refractivity contribution in [3.63, 3.8) is 0 Å². The molecule has 2 unspecified atom stereocenters. The van der Waals surface area contributed by atoms with Gasteiger partial charge in [0.05, 0.1) is 0 Å². The SMILES string of the molecule is CNC1(C)CCN(C2CCCCC2C(C)C)CC1. The molecule has 1 saturated heterocycles. The summed E-state index contributed by atoms with van der Waals surface area (Å²) in [5.74, 6) is 1.80. The Balaban J connectivity index is 1.95. The molecule has 2 nitrogen and oxygen atoms in total. The highest BCUT2D eigenvalue weighted by Gasteiger charge is 2.36. The van der Waals surface area contributed by atoms with Gasteiger partial charge in [0.1, 0.15) is 0 Å². The number of nitrogens with one attached hydrogen (secondary N) is 1. The van der Waals surface area contributed by atoms with Crippen LogP contribution in [0.3, 0.4) is 0 Å². The Hall–Kier alpha value is -0.0800. The highest BCUT2D eigenvalue weighted by molar-refractivity contribution is 4.93. The summed E-state index contributed by atoms with van der Waals surface area (Å²) in [6.07, 6.45) is 8.44. The summed E-state index contributed by atoms with van der Waals surface area (Å²) in [6.45, 7) is 9.82. The van der Waals surface area contributed by atoms with E-state index >= 15 is 0 Å². The first kappa shape index (κ1) is 14.3. The molecule has 1 N–H and O–H groups in total. The van der Waals surface area contributed by atoms with Crippen molar-refractivity contribution in [3.05, 3.63) is 0 Å². The van der Waals surface area contributed by atoms with Crippen LogP contribution in [-0.2, 0) is 0 Å². The fourth-order valence-corrected chi connectivity index (χ4v) is 3.97. The van der Waals surface area contributed by atoms with Crippen LogP contribution in [0.25, 0.3) is 0 Å². The van der Waals surface area contributed by atoms with Crippen molar-refractivity contribution >= 4 is 0 Å². The number of hydrogen-bond acceptors (Lipinski definition) is 2. The van der Waals surface area contributed by atoms with Crippen molar-refractivity contribution in [1.29, 1.82) is 0 Å². The highest BCUT2D eigenvalue weighted by Crippen LogP contribution is 2.35. The molecule has 1 aliphatic carbocycles. The Kier molecular flexibility index (Phi) is 4.71. The second-order valence-corrected chi connectivity index (χ2v) is 7.11. The molecule has 0 aromatic heterocycles. The second kappa shape index (κ2) is 5.92. The summed E-state index contributed by atoms with van der Waals surface area (Å²) in [4.78, 5) is 2.81.